The number of carbonyl (C=O) groups excluding carboxylic acids is 1. The lowest BCUT2D eigenvalue weighted by Crippen LogP contribution is -2.30. The predicted octanol–water partition coefficient (Wildman–Crippen LogP) is 2.96. The van der Waals surface area contributed by atoms with Crippen LogP contribution in [0.4, 0.5) is 0 Å². The van der Waals surface area contributed by atoms with Gasteiger partial charge in [0.05, 0.1) is 12.1 Å². The SMILES string of the molecule is CC(C)(C)OC(=O)c1nc(OCC2CCNCC2)nc2ccccc12. The maximum absolute atomic E-state index is 12.6. The number of hydrogen-bond acceptors (Lipinski definition) is 6. The molecule has 0 unspecified atom stereocenters. The summed E-state index contributed by atoms with van der Waals surface area (Å²) in [4.78, 5) is 21.3. The van der Waals surface area contributed by atoms with Crippen LogP contribution in [0.25, 0.3) is 10.9 Å². The Morgan fingerprint density at radius 1 is 1.20 bits per heavy atom. The first-order valence-electron chi connectivity index (χ1n) is 8.76. The van der Waals surface area contributed by atoms with Crippen LogP contribution in [0.2, 0.25) is 0 Å². The second-order valence-corrected chi connectivity index (χ2v) is 7.38. The topological polar surface area (TPSA) is 73.3 Å². The van der Waals surface area contributed by atoms with Crippen molar-refractivity contribution in [2.45, 2.75) is 39.2 Å². The number of nitrogens with zero attached hydrogens (tertiary/aromatic N) is 2. The third-order valence-corrected chi connectivity index (χ3v) is 4.08. The Morgan fingerprint density at radius 3 is 2.64 bits per heavy atom. The average molecular weight is 343 g/mol. The molecule has 0 aliphatic carbocycles. The van der Waals surface area contributed by atoms with Crippen LogP contribution in [0.3, 0.4) is 0 Å². The highest BCUT2D eigenvalue weighted by Crippen LogP contribution is 2.22. The fraction of sp³-hybridized carbons (Fsp3) is 0.526. The van der Waals surface area contributed by atoms with E-state index in [9.17, 15) is 4.79 Å². The Labute approximate surface area is 147 Å². The van der Waals surface area contributed by atoms with Crippen molar-refractivity contribution < 1.29 is 14.3 Å². The van der Waals surface area contributed by atoms with Gasteiger partial charge in [-0.15, -0.1) is 0 Å². The minimum Gasteiger partial charge on any atom is -0.463 e. The number of nitrogens with one attached hydrogen (secondary N) is 1. The zero-order chi connectivity index (χ0) is 17.9. The van der Waals surface area contributed by atoms with Gasteiger partial charge in [-0.1, -0.05) is 18.2 Å². The predicted molar refractivity (Wildman–Crippen MR) is 95.8 cm³/mol. The number of aromatic nitrogens is 2. The van der Waals surface area contributed by atoms with Crippen LogP contribution < -0.4 is 10.1 Å². The molecular weight excluding hydrogens is 318 g/mol. The van der Waals surface area contributed by atoms with Gasteiger partial charge in [0.2, 0.25) is 0 Å². The van der Waals surface area contributed by atoms with Gasteiger partial charge in [-0.05, 0) is 58.7 Å². The van der Waals surface area contributed by atoms with E-state index < -0.39 is 11.6 Å². The van der Waals surface area contributed by atoms with E-state index in [0.29, 0.717) is 23.4 Å². The lowest BCUT2D eigenvalue weighted by Gasteiger charge is -2.22. The van der Waals surface area contributed by atoms with Crippen LogP contribution >= 0.6 is 0 Å². The summed E-state index contributed by atoms with van der Waals surface area (Å²) in [7, 11) is 0. The molecule has 6 nitrogen and oxygen atoms in total. The van der Waals surface area contributed by atoms with Crippen molar-refractivity contribution in [1.82, 2.24) is 15.3 Å². The van der Waals surface area contributed by atoms with Gasteiger partial charge in [-0.3, -0.25) is 0 Å². The summed E-state index contributed by atoms with van der Waals surface area (Å²) in [6.45, 7) is 8.09. The number of para-hydroxylation sites is 1. The van der Waals surface area contributed by atoms with Gasteiger partial charge in [0.25, 0.3) is 0 Å². The molecule has 2 heterocycles. The molecule has 1 aromatic heterocycles. The molecule has 2 aromatic rings. The smallest absolute Gasteiger partial charge is 0.358 e. The van der Waals surface area contributed by atoms with Crippen LogP contribution in [0.1, 0.15) is 44.1 Å². The third-order valence-electron chi connectivity index (χ3n) is 4.08. The van der Waals surface area contributed by atoms with E-state index in [1.54, 1.807) is 0 Å². The van der Waals surface area contributed by atoms with E-state index in [4.69, 9.17) is 9.47 Å². The third kappa shape index (κ3) is 4.66. The van der Waals surface area contributed by atoms with Gasteiger partial charge in [-0.2, -0.15) is 9.97 Å². The number of ether oxygens (including phenoxy) is 2. The Balaban J connectivity index is 1.85. The normalized spacial score (nSPS) is 16.0. The average Bonchev–Trinajstić information content (AvgIpc) is 2.58. The van der Waals surface area contributed by atoms with Crippen LogP contribution in [-0.2, 0) is 4.74 Å². The van der Waals surface area contributed by atoms with Gasteiger partial charge in [0.15, 0.2) is 5.69 Å². The maximum atomic E-state index is 12.6. The van der Waals surface area contributed by atoms with Crippen molar-refractivity contribution in [2.75, 3.05) is 19.7 Å². The summed E-state index contributed by atoms with van der Waals surface area (Å²) in [5.41, 5.74) is 0.346. The van der Waals surface area contributed by atoms with Crippen molar-refractivity contribution in [1.29, 1.82) is 0 Å². The molecule has 25 heavy (non-hydrogen) atoms. The molecule has 0 bridgehead atoms. The summed E-state index contributed by atoms with van der Waals surface area (Å²) in [5.74, 6) is 0.0270. The van der Waals surface area contributed by atoms with E-state index >= 15 is 0 Å². The first-order chi connectivity index (χ1) is 11.9. The monoisotopic (exact) mass is 343 g/mol. The molecule has 0 radical (unpaired) electrons. The Hall–Kier alpha value is -2.21. The highest BCUT2D eigenvalue weighted by molar-refractivity contribution is 6.01. The Morgan fingerprint density at radius 2 is 1.92 bits per heavy atom. The molecule has 0 spiro atoms. The van der Waals surface area contributed by atoms with Gasteiger partial charge in [0.1, 0.15) is 5.60 Å². The number of fused-ring (bicyclic) bond motifs is 1. The summed E-state index contributed by atoms with van der Waals surface area (Å²) in [5, 5.41) is 4.01. The van der Waals surface area contributed by atoms with Crippen molar-refractivity contribution in [3.8, 4) is 6.01 Å². The minimum absolute atomic E-state index is 0.234. The number of hydrogen-bond donors (Lipinski definition) is 1. The Kier molecular flexibility index (Phi) is 5.18. The van der Waals surface area contributed by atoms with E-state index in [-0.39, 0.29) is 11.7 Å². The van der Waals surface area contributed by atoms with Gasteiger partial charge >= 0.3 is 12.0 Å². The molecule has 0 saturated carbocycles. The standard InChI is InChI=1S/C19H25N3O3/c1-19(2,3)25-17(23)16-14-6-4-5-7-15(14)21-18(22-16)24-12-13-8-10-20-11-9-13/h4-7,13,20H,8-12H2,1-3H3. The molecule has 134 valence electrons. The van der Waals surface area contributed by atoms with Crippen LogP contribution in [0, 0.1) is 5.92 Å². The van der Waals surface area contributed by atoms with Gasteiger partial charge < -0.3 is 14.8 Å². The zero-order valence-corrected chi connectivity index (χ0v) is 15.0. The number of rotatable bonds is 4. The molecule has 1 saturated heterocycles. The van der Waals surface area contributed by atoms with Crippen molar-refractivity contribution in [3.05, 3.63) is 30.0 Å². The lowest BCUT2D eigenvalue weighted by molar-refractivity contribution is 0.00639. The highest BCUT2D eigenvalue weighted by Gasteiger charge is 2.23. The van der Waals surface area contributed by atoms with Crippen molar-refractivity contribution >= 4 is 16.9 Å². The Bertz CT molecular complexity index is 749. The summed E-state index contributed by atoms with van der Waals surface area (Å²) < 4.78 is 11.3. The van der Waals surface area contributed by atoms with E-state index in [0.717, 1.165) is 25.9 Å². The number of benzene rings is 1. The molecule has 0 atom stereocenters. The van der Waals surface area contributed by atoms with E-state index in [1.165, 1.54) is 0 Å². The largest absolute Gasteiger partial charge is 0.463 e. The van der Waals surface area contributed by atoms with E-state index in [2.05, 4.69) is 15.3 Å². The maximum Gasteiger partial charge on any atom is 0.358 e. The molecule has 1 N–H and O–H groups in total. The molecule has 3 rings (SSSR count). The quantitative estimate of drug-likeness (QED) is 0.861. The van der Waals surface area contributed by atoms with Crippen LogP contribution in [0.5, 0.6) is 6.01 Å². The summed E-state index contributed by atoms with van der Waals surface area (Å²) >= 11 is 0. The summed E-state index contributed by atoms with van der Waals surface area (Å²) in [6.07, 6.45) is 2.15. The number of carbonyl (C=O) groups is 1. The molecule has 6 heteroatoms. The first-order valence-corrected chi connectivity index (χ1v) is 8.76. The molecule has 1 aromatic carbocycles. The molecule has 0 amide bonds. The highest BCUT2D eigenvalue weighted by atomic mass is 16.6. The van der Waals surface area contributed by atoms with E-state index in [1.807, 2.05) is 45.0 Å². The van der Waals surface area contributed by atoms with Gasteiger partial charge in [-0.25, -0.2) is 4.79 Å². The van der Waals surface area contributed by atoms with Crippen molar-refractivity contribution in [3.63, 3.8) is 0 Å². The fourth-order valence-corrected chi connectivity index (χ4v) is 2.84. The summed E-state index contributed by atoms with van der Waals surface area (Å²) in [6, 6.07) is 7.64. The molecular formula is C19H25N3O3. The van der Waals surface area contributed by atoms with Crippen LogP contribution in [-0.4, -0.2) is 41.2 Å². The molecule has 1 aliphatic rings. The minimum atomic E-state index is -0.584. The second-order valence-electron chi connectivity index (χ2n) is 7.38. The number of esters is 1. The first kappa shape index (κ1) is 17.6. The fourth-order valence-electron chi connectivity index (χ4n) is 2.84. The zero-order valence-electron chi connectivity index (χ0n) is 15.0. The van der Waals surface area contributed by atoms with Gasteiger partial charge in [0, 0.05) is 5.39 Å². The molecule has 1 aliphatic heterocycles. The molecule has 1 fully saturated rings. The van der Waals surface area contributed by atoms with Crippen molar-refractivity contribution in [2.24, 2.45) is 5.92 Å². The lowest BCUT2D eigenvalue weighted by atomic mass is 9.99. The van der Waals surface area contributed by atoms with Crippen LogP contribution in [0.15, 0.2) is 24.3 Å². The second kappa shape index (κ2) is 7.35. The number of piperidine rings is 1.